The van der Waals surface area contributed by atoms with E-state index in [1.165, 1.54) is 20.8 Å². The first-order valence-corrected chi connectivity index (χ1v) is 8.29. The highest BCUT2D eigenvalue weighted by Gasteiger charge is 2.39. The molecule has 0 aliphatic rings. The molecule has 29 heavy (non-hydrogen) atoms. The van der Waals surface area contributed by atoms with Crippen LogP contribution in [-0.2, 0) is 22.7 Å². The highest BCUT2D eigenvalue weighted by Crippen LogP contribution is 2.37. The van der Waals surface area contributed by atoms with Crippen molar-refractivity contribution in [2.75, 3.05) is 6.61 Å². The number of alkyl halides is 6. The van der Waals surface area contributed by atoms with Crippen LogP contribution in [0, 0.1) is 0 Å². The maximum atomic E-state index is 12.2. The summed E-state index contributed by atoms with van der Waals surface area (Å²) in [7, 11) is 0. The Morgan fingerprint density at radius 3 is 1.76 bits per heavy atom. The quantitative estimate of drug-likeness (QED) is 0.450. The third kappa shape index (κ3) is 6.24. The van der Waals surface area contributed by atoms with Crippen LogP contribution in [0.2, 0.25) is 10.0 Å². The minimum atomic E-state index is -4.67. The van der Waals surface area contributed by atoms with E-state index in [1.54, 1.807) is 10.2 Å². The van der Waals surface area contributed by atoms with Gasteiger partial charge in [0.05, 0.1) is 11.6 Å². The third-order valence-corrected chi connectivity index (χ3v) is 3.77. The molecule has 7 nitrogen and oxygen atoms in total. The van der Waals surface area contributed by atoms with E-state index in [-0.39, 0.29) is 12.3 Å². The van der Waals surface area contributed by atoms with Gasteiger partial charge in [-0.15, -0.1) is 0 Å². The smallest absolute Gasteiger partial charge is 0.434 e. The molecule has 2 aromatic rings. The Morgan fingerprint density at radius 2 is 1.45 bits per heavy atom. The average Bonchev–Trinajstić information content (AvgIpc) is 3.09. The van der Waals surface area contributed by atoms with E-state index < -0.39 is 51.1 Å². The van der Waals surface area contributed by atoms with Gasteiger partial charge < -0.3 is 9.84 Å². The Labute approximate surface area is 169 Å². The number of hydrogen-bond donors (Lipinski definition) is 3. The topological polar surface area (TPSA) is 104 Å². The van der Waals surface area contributed by atoms with Gasteiger partial charge in [-0.2, -0.15) is 36.5 Å². The van der Waals surface area contributed by atoms with E-state index >= 15 is 0 Å². The Kier molecular flexibility index (Phi) is 7.60. The minimum Gasteiger partial charge on any atom is -0.461 e. The van der Waals surface area contributed by atoms with Gasteiger partial charge in [0.25, 0.3) is 0 Å². The molecule has 0 spiro atoms. The molecule has 2 heterocycles. The number of hydrogen-bond acceptors (Lipinski definition) is 5. The second kappa shape index (κ2) is 8.79. The highest BCUT2D eigenvalue weighted by molar-refractivity contribution is 6.34. The van der Waals surface area contributed by atoms with Gasteiger partial charge in [-0.05, 0) is 20.8 Å². The lowest BCUT2D eigenvalue weighted by atomic mass is 10.1. The molecule has 0 saturated heterocycles. The zero-order chi connectivity index (χ0) is 22.8. The molecule has 15 heteroatoms. The third-order valence-electron chi connectivity index (χ3n) is 3.03. The van der Waals surface area contributed by atoms with Crippen molar-refractivity contribution in [2.45, 2.75) is 38.7 Å². The summed E-state index contributed by atoms with van der Waals surface area (Å²) in [6, 6.07) is 0. The Morgan fingerprint density at radius 1 is 1.00 bits per heavy atom. The molecule has 0 aliphatic carbocycles. The van der Waals surface area contributed by atoms with Crippen LogP contribution in [0.25, 0.3) is 0 Å². The molecule has 3 N–H and O–H groups in total. The maximum absolute atomic E-state index is 12.2. The van der Waals surface area contributed by atoms with Crippen molar-refractivity contribution in [1.29, 1.82) is 0 Å². The number of halogens is 8. The van der Waals surface area contributed by atoms with Crippen LogP contribution in [0.15, 0.2) is 0 Å². The van der Waals surface area contributed by atoms with Gasteiger partial charge in [0.15, 0.2) is 17.1 Å². The molecule has 0 atom stereocenters. The summed E-state index contributed by atoms with van der Waals surface area (Å²) in [5.74, 6) is -0.991. The SMILES string of the molecule is CC(C)(O)c1n[nH]c(C(F)(F)F)c1Cl.CCOC(=O)c1n[nH]c(C(F)(F)F)c1Cl. The van der Waals surface area contributed by atoms with E-state index in [0.717, 1.165) is 0 Å². The number of carbonyl (C=O) groups excluding carboxylic acids is 1. The highest BCUT2D eigenvalue weighted by atomic mass is 35.5. The van der Waals surface area contributed by atoms with Gasteiger partial charge in [0.2, 0.25) is 0 Å². The van der Waals surface area contributed by atoms with Crippen LogP contribution in [0.1, 0.15) is 48.3 Å². The van der Waals surface area contributed by atoms with Crippen LogP contribution in [0.5, 0.6) is 0 Å². The summed E-state index contributed by atoms with van der Waals surface area (Å²) in [4.78, 5) is 11.0. The van der Waals surface area contributed by atoms with Gasteiger partial charge in [0, 0.05) is 0 Å². The largest absolute Gasteiger partial charge is 0.461 e. The first-order valence-electron chi connectivity index (χ1n) is 7.53. The van der Waals surface area contributed by atoms with E-state index in [9.17, 15) is 36.2 Å². The van der Waals surface area contributed by atoms with Crippen molar-refractivity contribution in [3.05, 3.63) is 32.8 Å². The van der Waals surface area contributed by atoms with Gasteiger partial charge in [-0.1, -0.05) is 23.2 Å². The molecule has 0 aromatic carbocycles. The number of H-pyrrole nitrogens is 2. The standard InChI is InChI=1S/C7H6ClF3N2O2.C7H8ClF3N2O/c1-2-15-6(14)4-3(8)5(13-12-4)7(9,10)11;1-6(2,14)4-3(8)5(13-12-4)7(9,10)11/h2H2,1H3,(H,12,13);14H,1-2H3,(H,12,13). The number of nitrogens with zero attached hydrogens (tertiary/aromatic N) is 2. The van der Waals surface area contributed by atoms with Crippen molar-refractivity contribution >= 4 is 29.2 Å². The second-order valence-corrected chi connectivity index (χ2v) is 6.55. The molecule has 2 aromatic heterocycles. The summed E-state index contributed by atoms with van der Waals surface area (Å²) < 4.78 is 77.7. The van der Waals surface area contributed by atoms with E-state index in [1.807, 2.05) is 0 Å². The predicted molar refractivity (Wildman–Crippen MR) is 88.4 cm³/mol. The number of aliphatic hydroxyl groups is 1. The van der Waals surface area contributed by atoms with Gasteiger partial charge in [-0.25, -0.2) is 4.79 Å². The fraction of sp³-hybridized carbons (Fsp3) is 0.500. The van der Waals surface area contributed by atoms with Crippen LogP contribution >= 0.6 is 23.2 Å². The zero-order valence-electron chi connectivity index (χ0n) is 14.9. The number of aromatic amines is 2. The summed E-state index contributed by atoms with van der Waals surface area (Å²) in [6.45, 7) is 4.15. The lowest BCUT2D eigenvalue weighted by Gasteiger charge is -2.14. The summed E-state index contributed by atoms with van der Waals surface area (Å²) in [5.41, 5.74) is -4.68. The summed E-state index contributed by atoms with van der Waals surface area (Å²) in [5, 5.41) is 17.9. The Hall–Kier alpha value is -1.99. The molecule has 2 rings (SSSR count). The Balaban J connectivity index is 0.000000291. The first kappa shape index (κ1) is 25.0. The fourth-order valence-corrected chi connectivity index (χ4v) is 2.46. The van der Waals surface area contributed by atoms with Crippen molar-refractivity contribution in [2.24, 2.45) is 0 Å². The molecular weight excluding hydrogens is 457 g/mol. The molecule has 0 radical (unpaired) electrons. The summed E-state index contributed by atoms with van der Waals surface area (Å²) >= 11 is 10.7. The molecule has 0 saturated carbocycles. The molecule has 0 amide bonds. The van der Waals surface area contributed by atoms with Crippen molar-refractivity contribution < 1.29 is 41.0 Å². The maximum Gasteiger partial charge on any atom is 0.434 e. The normalized spacial score (nSPS) is 12.4. The van der Waals surface area contributed by atoms with Crippen molar-refractivity contribution in [3.8, 4) is 0 Å². The molecular formula is C14H14Cl2F6N4O3. The van der Waals surface area contributed by atoms with Crippen LogP contribution < -0.4 is 0 Å². The first-order chi connectivity index (χ1) is 13.0. The molecule has 0 aliphatic heterocycles. The molecule has 0 fully saturated rings. The van der Waals surface area contributed by atoms with Gasteiger partial charge in [-0.3, -0.25) is 10.2 Å². The number of esters is 1. The molecule has 164 valence electrons. The number of nitrogens with one attached hydrogen (secondary N) is 2. The average molecular weight is 471 g/mol. The number of ether oxygens (including phenoxy) is 1. The summed E-state index contributed by atoms with van der Waals surface area (Å²) in [6.07, 6.45) is -9.26. The predicted octanol–water partition coefficient (Wildman–Crippen LogP) is 4.57. The fourth-order valence-electron chi connectivity index (χ4n) is 1.77. The van der Waals surface area contributed by atoms with E-state index in [2.05, 4.69) is 14.9 Å². The van der Waals surface area contributed by atoms with Crippen LogP contribution in [-0.4, -0.2) is 38.1 Å². The lowest BCUT2D eigenvalue weighted by molar-refractivity contribution is -0.141. The van der Waals surface area contributed by atoms with Gasteiger partial charge >= 0.3 is 18.3 Å². The van der Waals surface area contributed by atoms with Gasteiger partial charge in [0.1, 0.15) is 16.3 Å². The van der Waals surface area contributed by atoms with E-state index in [0.29, 0.717) is 0 Å². The monoisotopic (exact) mass is 470 g/mol. The molecule has 0 unspecified atom stereocenters. The number of aromatic nitrogens is 4. The van der Waals surface area contributed by atoms with Crippen LogP contribution in [0.3, 0.4) is 0 Å². The lowest BCUT2D eigenvalue weighted by Crippen LogP contribution is -2.16. The van der Waals surface area contributed by atoms with Crippen molar-refractivity contribution in [3.63, 3.8) is 0 Å². The zero-order valence-corrected chi connectivity index (χ0v) is 16.4. The molecule has 0 bridgehead atoms. The van der Waals surface area contributed by atoms with Crippen molar-refractivity contribution in [1.82, 2.24) is 20.4 Å². The number of rotatable bonds is 3. The number of carbonyl (C=O) groups is 1. The van der Waals surface area contributed by atoms with Crippen LogP contribution in [0.4, 0.5) is 26.3 Å². The van der Waals surface area contributed by atoms with E-state index in [4.69, 9.17) is 23.2 Å². The second-order valence-electron chi connectivity index (χ2n) is 5.80. The Bertz CT molecular complexity index is 824. The minimum absolute atomic E-state index is 0.0311.